The van der Waals surface area contributed by atoms with Crippen LogP contribution in [0.5, 0.6) is 11.5 Å². The molecule has 2 aliphatic rings. The smallest absolute Gasteiger partial charge is 0.235 e. The van der Waals surface area contributed by atoms with Crippen molar-refractivity contribution >= 4 is 11.7 Å². The van der Waals surface area contributed by atoms with Crippen molar-refractivity contribution < 1.29 is 9.53 Å². The van der Waals surface area contributed by atoms with Crippen molar-refractivity contribution in [2.45, 2.75) is 12.0 Å². The third-order valence-electron chi connectivity index (χ3n) is 5.04. The molecule has 0 unspecified atom stereocenters. The summed E-state index contributed by atoms with van der Waals surface area (Å²) in [5, 5.41) is 11.2. The summed E-state index contributed by atoms with van der Waals surface area (Å²) in [4.78, 5) is 15.2. The van der Waals surface area contributed by atoms with Crippen molar-refractivity contribution in [3.63, 3.8) is 0 Å². The summed E-state index contributed by atoms with van der Waals surface area (Å²) in [6.45, 7) is 1.30. The van der Waals surface area contributed by atoms with Crippen molar-refractivity contribution in [2.24, 2.45) is 0 Å². The number of aromatic nitrogens is 2. The van der Waals surface area contributed by atoms with Crippen molar-refractivity contribution in [2.75, 3.05) is 18.4 Å². The lowest BCUT2D eigenvalue weighted by atomic mass is 9.86. The molecule has 134 valence electrons. The fourth-order valence-electron chi connectivity index (χ4n) is 3.70. The first kappa shape index (κ1) is 15.8. The van der Waals surface area contributed by atoms with Gasteiger partial charge in [-0.05, 0) is 24.3 Å². The number of fused-ring (bicyclic) bond motifs is 2. The van der Waals surface area contributed by atoms with Gasteiger partial charge in [-0.15, -0.1) is 5.10 Å². The molecule has 3 aromatic rings. The van der Waals surface area contributed by atoms with Gasteiger partial charge in [0.25, 0.3) is 0 Å². The van der Waals surface area contributed by atoms with Crippen LogP contribution in [0.3, 0.4) is 0 Å². The first-order valence-electron chi connectivity index (χ1n) is 8.98. The zero-order chi connectivity index (χ0) is 18.2. The number of carbonyl (C=O) groups excluding carboxylic acids is 1. The first-order valence-corrected chi connectivity index (χ1v) is 8.98. The number of carbonyl (C=O) groups is 1. The van der Waals surface area contributed by atoms with Gasteiger partial charge in [0.15, 0.2) is 0 Å². The highest BCUT2D eigenvalue weighted by molar-refractivity contribution is 5.90. The summed E-state index contributed by atoms with van der Waals surface area (Å²) in [5.41, 5.74) is 1.85. The number of hydrogen-bond donors (Lipinski definition) is 1. The van der Waals surface area contributed by atoms with E-state index in [0.29, 0.717) is 13.1 Å². The van der Waals surface area contributed by atoms with E-state index in [1.165, 1.54) is 0 Å². The highest BCUT2D eigenvalue weighted by Gasteiger charge is 2.39. The van der Waals surface area contributed by atoms with E-state index in [2.05, 4.69) is 15.5 Å². The number of nitrogens with one attached hydrogen (secondary N) is 1. The van der Waals surface area contributed by atoms with Gasteiger partial charge in [0, 0.05) is 30.4 Å². The van der Waals surface area contributed by atoms with E-state index in [0.717, 1.165) is 28.4 Å². The van der Waals surface area contributed by atoms with E-state index in [9.17, 15) is 4.79 Å². The van der Waals surface area contributed by atoms with Crippen LogP contribution in [-0.2, 0) is 4.79 Å². The third-order valence-corrected chi connectivity index (χ3v) is 5.04. The van der Waals surface area contributed by atoms with Crippen LogP contribution in [-0.4, -0.2) is 40.1 Å². The molecular formula is C21H18N4O2. The molecule has 2 aromatic carbocycles. The maximum absolute atomic E-state index is 13.3. The van der Waals surface area contributed by atoms with Gasteiger partial charge in [-0.25, -0.2) is 0 Å². The topological polar surface area (TPSA) is 67.3 Å². The summed E-state index contributed by atoms with van der Waals surface area (Å²) in [6.07, 6.45) is 1.64. The fourth-order valence-corrected chi connectivity index (χ4v) is 3.70. The number of rotatable bonds is 3. The van der Waals surface area contributed by atoms with Gasteiger partial charge in [0.2, 0.25) is 5.91 Å². The second-order valence-corrected chi connectivity index (χ2v) is 6.80. The van der Waals surface area contributed by atoms with Crippen LogP contribution in [0, 0.1) is 0 Å². The Labute approximate surface area is 156 Å². The average Bonchev–Trinajstić information content (AvgIpc) is 2.69. The Balaban J connectivity index is 1.37. The number of benzene rings is 2. The zero-order valence-electron chi connectivity index (χ0n) is 14.6. The number of ether oxygens (including phenoxy) is 1. The molecule has 1 saturated heterocycles. The Morgan fingerprint density at radius 3 is 2.26 bits per heavy atom. The molecule has 6 nitrogen and oxygen atoms in total. The minimum Gasteiger partial charge on any atom is -0.457 e. The summed E-state index contributed by atoms with van der Waals surface area (Å²) in [6, 6.07) is 19.4. The molecule has 27 heavy (non-hydrogen) atoms. The summed E-state index contributed by atoms with van der Waals surface area (Å²) < 4.78 is 5.99. The van der Waals surface area contributed by atoms with Gasteiger partial charge in [-0.1, -0.05) is 36.4 Å². The Hall–Kier alpha value is -3.41. The molecule has 0 spiro atoms. The van der Waals surface area contributed by atoms with Crippen molar-refractivity contribution in [1.82, 2.24) is 15.1 Å². The molecule has 0 radical (unpaired) electrons. The van der Waals surface area contributed by atoms with E-state index in [4.69, 9.17) is 4.74 Å². The number of amides is 1. The molecule has 0 aliphatic carbocycles. The second-order valence-electron chi connectivity index (χ2n) is 6.80. The first-order chi connectivity index (χ1) is 13.3. The monoisotopic (exact) mass is 358 g/mol. The highest BCUT2D eigenvalue weighted by atomic mass is 16.5. The van der Waals surface area contributed by atoms with Crippen molar-refractivity contribution in [3.8, 4) is 11.5 Å². The van der Waals surface area contributed by atoms with Gasteiger partial charge in [0.1, 0.15) is 17.3 Å². The molecule has 0 bridgehead atoms. The summed E-state index contributed by atoms with van der Waals surface area (Å²) >= 11 is 0. The molecule has 0 saturated carbocycles. The molecule has 5 rings (SSSR count). The maximum atomic E-state index is 13.3. The molecule has 1 fully saturated rings. The maximum Gasteiger partial charge on any atom is 0.235 e. The number of likely N-dealkylation sites (tertiary alicyclic amines) is 1. The molecular weight excluding hydrogens is 340 g/mol. The van der Waals surface area contributed by atoms with Crippen LogP contribution < -0.4 is 10.1 Å². The van der Waals surface area contributed by atoms with E-state index >= 15 is 0 Å². The highest BCUT2D eigenvalue weighted by Crippen LogP contribution is 2.45. The summed E-state index contributed by atoms with van der Waals surface area (Å²) in [7, 11) is 0. The number of para-hydroxylation sites is 2. The lowest BCUT2D eigenvalue weighted by molar-refractivity contribution is -0.136. The van der Waals surface area contributed by atoms with E-state index in [-0.39, 0.29) is 17.9 Å². The Morgan fingerprint density at radius 2 is 1.63 bits per heavy atom. The van der Waals surface area contributed by atoms with Gasteiger partial charge in [0.05, 0.1) is 12.0 Å². The predicted molar refractivity (Wildman–Crippen MR) is 101 cm³/mol. The minimum atomic E-state index is -0.330. The average molecular weight is 358 g/mol. The summed E-state index contributed by atoms with van der Waals surface area (Å²) in [5.74, 6) is 2.02. The Morgan fingerprint density at radius 1 is 0.963 bits per heavy atom. The van der Waals surface area contributed by atoms with E-state index < -0.39 is 0 Å². The minimum absolute atomic E-state index is 0.107. The molecule has 3 heterocycles. The lowest BCUT2D eigenvalue weighted by Crippen LogP contribution is -2.58. The largest absolute Gasteiger partial charge is 0.457 e. The predicted octanol–water partition coefficient (Wildman–Crippen LogP) is 3.04. The van der Waals surface area contributed by atoms with Crippen LogP contribution in [0.1, 0.15) is 17.0 Å². The van der Waals surface area contributed by atoms with Crippen LogP contribution in [0.4, 0.5) is 5.82 Å². The normalized spacial score (nSPS) is 15.9. The number of nitrogens with zero attached hydrogens (tertiary/aromatic N) is 3. The Bertz CT molecular complexity index is 941. The van der Waals surface area contributed by atoms with E-state index in [1.807, 2.05) is 65.6 Å². The lowest BCUT2D eigenvalue weighted by Gasteiger charge is -2.42. The van der Waals surface area contributed by atoms with Crippen LogP contribution in [0.15, 0.2) is 66.9 Å². The SMILES string of the molecule is O=C(C1c2ccccc2Oc2ccccc21)N1CC(Nc2cccnn2)C1. The van der Waals surface area contributed by atoms with Gasteiger partial charge < -0.3 is 15.0 Å². The zero-order valence-corrected chi connectivity index (χ0v) is 14.6. The van der Waals surface area contributed by atoms with E-state index in [1.54, 1.807) is 6.20 Å². The molecule has 1 amide bonds. The van der Waals surface area contributed by atoms with Crippen molar-refractivity contribution in [1.29, 1.82) is 0 Å². The molecule has 0 atom stereocenters. The molecule has 1 aromatic heterocycles. The van der Waals surface area contributed by atoms with Crippen LogP contribution >= 0.6 is 0 Å². The number of hydrogen-bond acceptors (Lipinski definition) is 5. The second kappa shape index (κ2) is 6.39. The molecule has 1 N–H and O–H groups in total. The third kappa shape index (κ3) is 2.79. The van der Waals surface area contributed by atoms with Gasteiger partial charge in [-0.2, -0.15) is 5.10 Å². The quantitative estimate of drug-likeness (QED) is 0.779. The van der Waals surface area contributed by atoms with Crippen LogP contribution in [0.2, 0.25) is 0 Å². The Kier molecular flexibility index (Phi) is 3.74. The fraction of sp³-hybridized carbons (Fsp3) is 0.190. The standard InChI is InChI=1S/C21H18N4O2/c26-21(25-12-14(13-25)23-19-10-5-11-22-24-19)20-15-6-1-3-8-17(15)27-18-9-4-2-7-16(18)20/h1-11,14,20H,12-13H2,(H,23,24). The number of anilines is 1. The van der Waals surface area contributed by atoms with Gasteiger partial charge in [-0.3, -0.25) is 4.79 Å². The van der Waals surface area contributed by atoms with Crippen molar-refractivity contribution in [3.05, 3.63) is 78.0 Å². The van der Waals surface area contributed by atoms with Crippen LogP contribution in [0.25, 0.3) is 0 Å². The molecule has 2 aliphatic heterocycles. The molecule has 6 heteroatoms. The van der Waals surface area contributed by atoms with Gasteiger partial charge >= 0.3 is 0 Å².